The van der Waals surface area contributed by atoms with E-state index >= 15 is 0 Å². The van der Waals surface area contributed by atoms with Crippen molar-refractivity contribution in [2.24, 2.45) is 17.6 Å². The zero-order valence-electron chi connectivity index (χ0n) is 19.4. The minimum Gasteiger partial charge on any atom is -0.322 e. The predicted molar refractivity (Wildman–Crippen MR) is 120 cm³/mol. The zero-order chi connectivity index (χ0) is 21.8. The van der Waals surface area contributed by atoms with E-state index in [2.05, 4.69) is 20.8 Å². The van der Waals surface area contributed by atoms with Gasteiger partial charge in [0.25, 0.3) is 0 Å². The van der Waals surface area contributed by atoms with Gasteiger partial charge in [-0.25, -0.2) is 4.39 Å². The fourth-order valence-electron chi connectivity index (χ4n) is 2.00. The standard InChI is InChI=1S/C8H18.C7H7F.C7H15NO.C2H6/c1-4-5-6-7-8(2)3;1-6-4-2-3-5-7(6)8;1-4-5(2)7(9)6(3)8;1-2/h8H,4-7H2,1-3H3;2-5H,1H3;5-6H,4,8H2,1-3H3;1-2H3. The van der Waals surface area contributed by atoms with Crippen LogP contribution in [0.2, 0.25) is 0 Å². The van der Waals surface area contributed by atoms with Crippen LogP contribution < -0.4 is 5.73 Å². The molecule has 0 aliphatic carbocycles. The van der Waals surface area contributed by atoms with Crippen molar-refractivity contribution in [2.75, 3.05) is 0 Å². The molecule has 0 saturated heterocycles. The molecule has 0 radical (unpaired) electrons. The van der Waals surface area contributed by atoms with Gasteiger partial charge in [0.1, 0.15) is 5.82 Å². The highest BCUT2D eigenvalue weighted by molar-refractivity contribution is 5.85. The van der Waals surface area contributed by atoms with Gasteiger partial charge < -0.3 is 5.73 Å². The third-order valence-corrected chi connectivity index (χ3v) is 4.01. The molecule has 1 rings (SSSR count). The number of Topliss-reactive ketones (excluding diaryl/α,β-unsaturated/α-hetero) is 1. The number of aryl methyl sites for hydroxylation is 1. The monoisotopic (exact) mass is 383 g/mol. The number of hydrogen-bond donors (Lipinski definition) is 1. The van der Waals surface area contributed by atoms with Crippen molar-refractivity contribution < 1.29 is 9.18 Å². The molecule has 1 aromatic carbocycles. The lowest BCUT2D eigenvalue weighted by Crippen LogP contribution is -2.31. The maximum Gasteiger partial charge on any atom is 0.152 e. The molecular weight excluding hydrogens is 337 g/mol. The molecule has 0 amide bonds. The fraction of sp³-hybridized carbons (Fsp3) is 0.708. The maximum atomic E-state index is 12.3. The summed E-state index contributed by atoms with van der Waals surface area (Å²) in [5.41, 5.74) is 6.06. The normalized spacial score (nSPS) is 11.7. The lowest BCUT2D eigenvalue weighted by atomic mass is 9.99. The van der Waals surface area contributed by atoms with Gasteiger partial charge >= 0.3 is 0 Å². The molecule has 0 saturated carbocycles. The summed E-state index contributed by atoms with van der Waals surface area (Å²) >= 11 is 0. The Balaban J connectivity index is -0.000000306. The summed E-state index contributed by atoms with van der Waals surface area (Å²) in [5.74, 6) is 1.07. The highest BCUT2D eigenvalue weighted by atomic mass is 19.1. The molecule has 160 valence electrons. The first-order valence-electron chi connectivity index (χ1n) is 10.7. The van der Waals surface area contributed by atoms with Gasteiger partial charge in [-0.05, 0) is 37.8 Å². The number of carbonyl (C=O) groups is 1. The van der Waals surface area contributed by atoms with Gasteiger partial charge in [-0.3, -0.25) is 4.79 Å². The van der Waals surface area contributed by atoms with Gasteiger partial charge in [0.15, 0.2) is 5.78 Å². The summed E-state index contributed by atoms with van der Waals surface area (Å²) in [6, 6.07) is 6.41. The predicted octanol–water partition coefficient (Wildman–Crippen LogP) is 7.33. The third kappa shape index (κ3) is 20.9. The Morgan fingerprint density at radius 2 is 1.56 bits per heavy atom. The molecule has 0 aliphatic heterocycles. The summed E-state index contributed by atoms with van der Waals surface area (Å²) in [5, 5.41) is 0. The van der Waals surface area contributed by atoms with Crippen LogP contribution in [0.5, 0.6) is 0 Å². The first kappa shape index (κ1) is 30.5. The number of halogens is 1. The second-order valence-corrected chi connectivity index (χ2v) is 7.14. The second kappa shape index (κ2) is 21.1. The SMILES string of the molecule is CC.CCC(C)C(=O)C(C)N.CCCCCC(C)C.Cc1ccccc1F. The molecule has 0 spiro atoms. The number of carbonyl (C=O) groups excluding carboxylic acids is 1. The van der Waals surface area contributed by atoms with Gasteiger partial charge in [0.2, 0.25) is 0 Å². The van der Waals surface area contributed by atoms with E-state index in [1.807, 2.05) is 33.8 Å². The van der Waals surface area contributed by atoms with Gasteiger partial charge in [-0.2, -0.15) is 0 Å². The zero-order valence-corrected chi connectivity index (χ0v) is 19.4. The molecule has 0 aromatic heterocycles. The highest BCUT2D eigenvalue weighted by Crippen LogP contribution is 2.07. The van der Waals surface area contributed by atoms with E-state index in [1.165, 1.54) is 31.7 Å². The van der Waals surface area contributed by atoms with Gasteiger partial charge in [0, 0.05) is 5.92 Å². The lowest BCUT2D eigenvalue weighted by Gasteiger charge is -2.08. The number of rotatable bonds is 7. The smallest absolute Gasteiger partial charge is 0.152 e. The van der Waals surface area contributed by atoms with E-state index in [0.717, 1.165) is 12.3 Å². The van der Waals surface area contributed by atoms with E-state index in [0.29, 0.717) is 5.56 Å². The Kier molecular flexibility index (Phi) is 23.8. The van der Waals surface area contributed by atoms with Crippen LogP contribution in [0.3, 0.4) is 0 Å². The van der Waals surface area contributed by atoms with Crippen molar-refractivity contribution in [1.29, 1.82) is 0 Å². The minimum absolute atomic E-state index is 0.130. The summed E-state index contributed by atoms with van der Waals surface area (Å²) in [6.45, 7) is 18.2. The summed E-state index contributed by atoms with van der Waals surface area (Å²) < 4.78 is 12.3. The van der Waals surface area contributed by atoms with Crippen LogP contribution in [-0.4, -0.2) is 11.8 Å². The van der Waals surface area contributed by atoms with Crippen LogP contribution in [0.25, 0.3) is 0 Å². The Morgan fingerprint density at radius 1 is 1.04 bits per heavy atom. The molecule has 0 aliphatic rings. The van der Waals surface area contributed by atoms with Gasteiger partial charge in [-0.1, -0.05) is 92.3 Å². The van der Waals surface area contributed by atoms with E-state index in [4.69, 9.17) is 5.73 Å². The first-order chi connectivity index (χ1) is 12.7. The average molecular weight is 384 g/mol. The Labute approximate surface area is 169 Å². The number of unbranched alkanes of at least 4 members (excludes halogenated alkanes) is 2. The molecule has 2 unspecified atom stereocenters. The number of nitrogens with two attached hydrogens (primary N) is 1. The quantitative estimate of drug-likeness (QED) is 0.501. The van der Waals surface area contributed by atoms with E-state index in [-0.39, 0.29) is 23.6 Å². The van der Waals surface area contributed by atoms with Crippen LogP contribution in [0.15, 0.2) is 24.3 Å². The molecule has 27 heavy (non-hydrogen) atoms. The van der Waals surface area contributed by atoms with E-state index in [1.54, 1.807) is 26.0 Å². The minimum atomic E-state index is -0.292. The van der Waals surface area contributed by atoms with Crippen molar-refractivity contribution in [3.05, 3.63) is 35.6 Å². The van der Waals surface area contributed by atoms with Crippen LogP contribution in [0.1, 0.15) is 93.1 Å². The van der Waals surface area contributed by atoms with Crippen molar-refractivity contribution >= 4 is 5.78 Å². The van der Waals surface area contributed by atoms with Crippen molar-refractivity contribution in [3.8, 4) is 0 Å². The summed E-state index contributed by atoms with van der Waals surface area (Å²) in [6.07, 6.45) is 6.49. The molecule has 0 heterocycles. The van der Waals surface area contributed by atoms with Crippen molar-refractivity contribution in [1.82, 2.24) is 0 Å². The molecule has 3 heteroatoms. The largest absolute Gasteiger partial charge is 0.322 e. The maximum absolute atomic E-state index is 12.3. The molecule has 1 aromatic rings. The highest BCUT2D eigenvalue weighted by Gasteiger charge is 2.13. The molecule has 0 fully saturated rings. The van der Waals surface area contributed by atoms with Crippen LogP contribution in [-0.2, 0) is 4.79 Å². The summed E-state index contributed by atoms with van der Waals surface area (Å²) in [7, 11) is 0. The van der Waals surface area contributed by atoms with Gasteiger partial charge in [-0.15, -0.1) is 0 Å². The third-order valence-electron chi connectivity index (χ3n) is 4.01. The lowest BCUT2D eigenvalue weighted by molar-refractivity contribution is -0.123. The molecule has 2 nitrogen and oxygen atoms in total. The van der Waals surface area contributed by atoms with E-state index in [9.17, 15) is 9.18 Å². The van der Waals surface area contributed by atoms with E-state index < -0.39 is 0 Å². The fourth-order valence-corrected chi connectivity index (χ4v) is 2.00. The van der Waals surface area contributed by atoms with Crippen LogP contribution >= 0.6 is 0 Å². The number of hydrogen-bond acceptors (Lipinski definition) is 2. The number of benzene rings is 1. The number of ketones is 1. The van der Waals surface area contributed by atoms with Crippen LogP contribution in [0, 0.1) is 24.6 Å². The second-order valence-electron chi connectivity index (χ2n) is 7.14. The van der Waals surface area contributed by atoms with Crippen molar-refractivity contribution in [2.45, 2.75) is 100 Å². The van der Waals surface area contributed by atoms with Crippen molar-refractivity contribution in [3.63, 3.8) is 0 Å². The molecule has 0 bridgehead atoms. The molecular formula is C24H46FNO. The summed E-state index contributed by atoms with van der Waals surface area (Å²) in [4.78, 5) is 10.9. The van der Waals surface area contributed by atoms with Crippen LogP contribution in [0.4, 0.5) is 4.39 Å². The Bertz CT molecular complexity index is 423. The Morgan fingerprint density at radius 3 is 1.81 bits per heavy atom. The average Bonchev–Trinajstić information content (AvgIpc) is 2.65. The molecule has 2 atom stereocenters. The molecule has 2 N–H and O–H groups in total. The van der Waals surface area contributed by atoms with Gasteiger partial charge in [0.05, 0.1) is 6.04 Å². The Hall–Kier alpha value is -1.22. The topological polar surface area (TPSA) is 43.1 Å². The first-order valence-corrected chi connectivity index (χ1v) is 10.7.